The van der Waals surface area contributed by atoms with Crippen LogP contribution in [0.2, 0.25) is 0 Å². The third kappa shape index (κ3) is 20.5. The van der Waals surface area contributed by atoms with E-state index in [0.29, 0.717) is 39.5 Å². The van der Waals surface area contributed by atoms with E-state index in [2.05, 4.69) is 106 Å². The van der Waals surface area contributed by atoms with Gasteiger partial charge in [-0.1, -0.05) is 127 Å². The molecule has 0 radical (unpaired) electrons. The smallest absolute Gasteiger partial charge is 0.122 e. The predicted molar refractivity (Wildman–Crippen MR) is 312 cm³/mol. The number of hydrogen-bond donors (Lipinski definition) is 3. The zero-order chi connectivity index (χ0) is 54.6. The van der Waals surface area contributed by atoms with E-state index in [1.807, 2.05) is 91.0 Å². The fraction of sp³-hybridized carbons (Fsp3) is 0.364. The Hall–Kier alpha value is -6.90. The number of benzene rings is 6. The molecular weight excluding hydrogens is 979 g/mol. The molecule has 3 N–H and O–H groups in total. The van der Waals surface area contributed by atoms with E-state index in [-0.39, 0.29) is 0 Å². The first-order valence-corrected chi connectivity index (χ1v) is 27.4. The molecule has 3 heterocycles. The number of hydrogen-bond acceptors (Lipinski definition) is 12. The number of β-amino-alcohol motifs (C(OH)–C–C–N with tert-alkyl or cyclic N) is 3. The summed E-state index contributed by atoms with van der Waals surface area (Å²) in [5.41, 5.74) is 7.29. The molecule has 0 aliphatic carbocycles. The number of aliphatic hydroxyl groups is 3. The number of rotatable bonds is 27. The molecule has 0 saturated heterocycles. The zero-order valence-corrected chi connectivity index (χ0v) is 45.9. The molecule has 0 fully saturated rings. The number of ether oxygens (including phenoxy) is 6. The molecule has 3 aliphatic rings. The predicted octanol–water partition coefficient (Wildman–Crippen LogP) is 9.28. The Morgan fingerprint density at radius 1 is 0.333 bits per heavy atom. The molecule has 0 saturated carbocycles. The van der Waals surface area contributed by atoms with Crippen LogP contribution in [-0.2, 0) is 38.5 Å². The number of methoxy groups -OCH3 is 3. The highest BCUT2D eigenvalue weighted by atomic mass is 16.5. The van der Waals surface area contributed by atoms with Crippen molar-refractivity contribution in [3.8, 4) is 34.5 Å². The molecular formula is C66H81N3O9. The maximum Gasteiger partial charge on any atom is 0.122 e. The van der Waals surface area contributed by atoms with Gasteiger partial charge >= 0.3 is 0 Å². The van der Waals surface area contributed by atoms with Gasteiger partial charge in [0.25, 0.3) is 0 Å². The van der Waals surface area contributed by atoms with E-state index >= 15 is 0 Å². The highest BCUT2D eigenvalue weighted by Gasteiger charge is 2.17. The normalized spacial score (nSPS) is 15.2. The molecule has 3 aliphatic heterocycles. The molecule has 12 heteroatoms. The summed E-state index contributed by atoms with van der Waals surface area (Å²) in [6.07, 6.45) is 16.8. The molecule has 12 nitrogen and oxygen atoms in total. The van der Waals surface area contributed by atoms with E-state index in [1.54, 1.807) is 21.3 Å². The summed E-state index contributed by atoms with van der Waals surface area (Å²) in [6, 6.07) is 48.7. The first-order chi connectivity index (χ1) is 38.2. The van der Waals surface area contributed by atoms with Crippen molar-refractivity contribution in [2.24, 2.45) is 0 Å². The van der Waals surface area contributed by atoms with Crippen LogP contribution in [0, 0.1) is 0 Å². The standard InChI is InChI=1S/3C22H27NO3/c3*1-25-21-12-9-18(10-13-21)8-11-19-6-2-3-7-22(19)26-17-20(24)16-23-14-4-5-15-23/h3*2-7,9-10,12-13,20,24H,8,11,14-17H2,1H3/t2*20-;/m10./s1. The lowest BCUT2D eigenvalue weighted by atomic mass is 10.0. The second kappa shape index (κ2) is 32.7. The molecule has 6 aromatic carbocycles. The molecule has 414 valence electrons. The van der Waals surface area contributed by atoms with Gasteiger partial charge in [-0.3, -0.25) is 14.7 Å². The second-order valence-corrected chi connectivity index (χ2v) is 19.8. The Labute approximate surface area is 463 Å². The first-order valence-electron chi connectivity index (χ1n) is 27.4. The summed E-state index contributed by atoms with van der Waals surface area (Å²) in [5, 5.41) is 30.6. The summed E-state index contributed by atoms with van der Waals surface area (Å²) >= 11 is 0. The fourth-order valence-electron chi connectivity index (χ4n) is 9.39. The van der Waals surface area contributed by atoms with Crippen LogP contribution in [0.5, 0.6) is 34.5 Å². The average molecular weight is 1060 g/mol. The number of para-hydroxylation sites is 3. The maximum atomic E-state index is 10.2. The third-order valence-corrected chi connectivity index (χ3v) is 13.8. The van der Waals surface area contributed by atoms with Gasteiger partial charge in [-0.25, -0.2) is 0 Å². The fourth-order valence-corrected chi connectivity index (χ4v) is 9.39. The van der Waals surface area contributed by atoms with Gasteiger partial charge in [0.05, 0.1) is 21.3 Å². The van der Waals surface area contributed by atoms with Crippen LogP contribution in [-0.4, -0.2) is 148 Å². The maximum absolute atomic E-state index is 10.2. The van der Waals surface area contributed by atoms with Gasteiger partial charge in [-0.2, -0.15) is 0 Å². The van der Waals surface area contributed by atoms with Crippen LogP contribution in [0.25, 0.3) is 0 Å². The van der Waals surface area contributed by atoms with Crippen molar-refractivity contribution in [1.29, 1.82) is 0 Å². The van der Waals surface area contributed by atoms with Gasteiger partial charge in [-0.15, -0.1) is 0 Å². The molecule has 9 rings (SSSR count). The minimum Gasteiger partial charge on any atom is -0.497 e. The van der Waals surface area contributed by atoms with Gasteiger partial charge in [0.15, 0.2) is 0 Å². The summed E-state index contributed by atoms with van der Waals surface area (Å²) in [5.74, 6) is 5.21. The van der Waals surface area contributed by atoms with Crippen LogP contribution in [0.4, 0.5) is 0 Å². The molecule has 0 aromatic heterocycles. The molecule has 0 spiro atoms. The van der Waals surface area contributed by atoms with Crippen LogP contribution >= 0.6 is 0 Å². The van der Waals surface area contributed by atoms with Gasteiger partial charge in [-0.05, 0) is 127 Å². The molecule has 6 aromatic rings. The Morgan fingerprint density at radius 2 is 0.577 bits per heavy atom. The molecule has 1 unspecified atom stereocenters. The van der Waals surface area contributed by atoms with E-state index in [1.165, 1.54) is 33.4 Å². The Kier molecular flexibility index (Phi) is 24.7. The Balaban J connectivity index is 0.000000170. The SMILES string of the molecule is COc1ccc(CCc2ccccc2OCC(O)CN2CC=CC2)cc1.COc1ccc(CCc2ccccc2OC[C@@H](O)CN2CC=CC2)cc1.COc1ccc(CCc2ccccc2OC[C@H](O)CN2CC=CC2)cc1. The summed E-state index contributed by atoms with van der Waals surface area (Å²) in [4.78, 5) is 6.59. The molecule has 78 heavy (non-hydrogen) atoms. The van der Waals surface area contributed by atoms with E-state index < -0.39 is 18.3 Å². The average Bonchev–Trinajstić information content (AvgIpc) is 4.32. The van der Waals surface area contributed by atoms with Crippen LogP contribution < -0.4 is 28.4 Å². The minimum absolute atomic E-state index is 0.316. The number of aliphatic hydroxyl groups excluding tert-OH is 3. The van der Waals surface area contributed by atoms with Gasteiger partial charge in [0.1, 0.15) is 72.6 Å². The molecule has 3 atom stereocenters. The van der Waals surface area contributed by atoms with Crippen molar-refractivity contribution in [2.75, 3.05) is 100 Å². The zero-order valence-electron chi connectivity index (χ0n) is 45.9. The molecule has 0 amide bonds. The summed E-state index contributed by atoms with van der Waals surface area (Å²) < 4.78 is 33.4. The monoisotopic (exact) mass is 1060 g/mol. The lowest BCUT2D eigenvalue weighted by Crippen LogP contribution is -2.34. The Bertz CT molecular complexity index is 2410. The first kappa shape index (κ1) is 58.8. The van der Waals surface area contributed by atoms with Crippen molar-refractivity contribution in [3.05, 3.63) is 215 Å². The van der Waals surface area contributed by atoms with Crippen molar-refractivity contribution < 1.29 is 43.7 Å². The lowest BCUT2D eigenvalue weighted by molar-refractivity contribution is 0.0769. The highest BCUT2D eigenvalue weighted by Crippen LogP contribution is 2.25. The number of aryl methyl sites for hydroxylation is 6. The van der Waals surface area contributed by atoms with E-state index in [4.69, 9.17) is 28.4 Å². The van der Waals surface area contributed by atoms with Crippen LogP contribution in [0.15, 0.2) is 182 Å². The summed E-state index contributed by atoms with van der Waals surface area (Å²) in [7, 11) is 5.03. The van der Waals surface area contributed by atoms with E-state index in [9.17, 15) is 15.3 Å². The largest absolute Gasteiger partial charge is 0.497 e. The Morgan fingerprint density at radius 3 is 0.821 bits per heavy atom. The van der Waals surface area contributed by atoms with E-state index in [0.717, 1.165) is 112 Å². The van der Waals surface area contributed by atoms with Crippen molar-refractivity contribution in [1.82, 2.24) is 14.7 Å². The minimum atomic E-state index is -0.482. The second-order valence-electron chi connectivity index (χ2n) is 19.8. The lowest BCUT2D eigenvalue weighted by Gasteiger charge is -2.20. The highest BCUT2D eigenvalue weighted by molar-refractivity contribution is 5.38. The van der Waals surface area contributed by atoms with Gasteiger partial charge < -0.3 is 43.7 Å². The van der Waals surface area contributed by atoms with Gasteiger partial charge in [0.2, 0.25) is 0 Å². The summed E-state index contributed by atoms with van der Waals surface area (Å²) in [6.45, 7) is 8.34. The van der Waals surface area contributed by atoms with Gasteiger partial charge in [0, 0.05) is 58.9 Å². The van der Waals surface area contributed by atoms with Crippen LogP contribution in [0.1, 0.15) is 33.4 Å². The topological polar surface area (TPSA) is 126 Å². The van der Waals surface area contributed by atoms with Crippen molar-refractivity contribution in [2.45, 2.75) is 56.8 Å². The molecule has 0 bridgehead atoms. The quantitative estimate of drug-likeness (QED) is 0.0426. The number of nitrogens with zero attached hydrogens (tertiary/aromatic N) is 3. The third-order valence-electron chi connectivity index (χ3n) is 13.8. The van der Waals surface area contributed by atoms with Crippen molar-refractivity contribution >= 4 is 0 Å². The van der Waals surface area contributed by atoms with Crippen LogP contribution in [0.3, 0.4) is 0 Å². The van der Waals surface area contributed by atoms with Crippen molar-refractivity contribution in [3.63, 3.8) is 0 Å².